The van der Waals surface area contributed by atoms with Crippen molar-refractivity contribution < 1.29 is 9.53 Å². The van der Waals surface area contributed by atoms with Gasteiger partial charge in [0.15, 0.2) is 5.43 Å². The van der Waals surface area contributed by atoms with Crippen molar-refractivity contribution in [1.82, 2.24) is 9.99 Å². The number of nitrogens with zero attached hydrogens (tertiary/aromatic N) is 2. The number of pyridine rings is 1. The minimum absolute atomic E-state index is 0.0126. The van der Waals surface area contributed by atoms with E-state index in [9.17, 15) is 9.59 Å². The van der Waals surface area contributed by atoms with E-state index in [0.29, 0.717) is 44.2 Å². The average molecular weight is 530 g/mol. The Morgan fingerprint density at radius 3 is 2.19 bits per heavy atom. The highest BCUT2D eigenvalue weighted by Gasteiger charge is 2.12. The maximum absolute atomic E-state index is 12.9. The molecule has 0 aliphatic heterocycles. The SMILES string of the molecule is O=C(Cn1c2ccccc2c(=O)c2ccccc21)NN=Cc1ccc(OCc2ccc(Cl)cc2Cl)cc1. The first-order chi connectivity index (χ1) is 18.0. The third kappa shape index (κ3) is 5.50. The summed E-state index contributed by atoms with van der Waals surface area (Å²) >= 11 is 12.1. The van der Waals surface area contributed by atoms with Crippen LogP contribution in [0.5, 0.6) is 5.75 Å². The average Bonchev–Trinajstić information content (AvgIpc) is 2.91. The molecule has 0 unspecified atom stereocenters. The number of rotatable bonds is 7. The van der Waals surface area contributed by atoms with Gasteiger partial charge in [-0.1, -0.05) is 53.5 Å². The van der Waals surface area contributed by atoms with Gasteiger partial charge in [0.25, 0.3) is 5.91 Å². The van der Waals surface area contributed by atoms with Crippen LogP contribution in [0.15, 0.2) is 101 Å². The zero-order valence-corrected chi connectivity index (χ0v) is 21.0. The van der Waals surface area contributed by atoms with Crippen LogP contribution in [0.3, 0.4) is 0 Å². The summed E-state index contributed by atoms with van der Waals surface area (Å²) in [6, 6.07) is 27.1. The Hall–Kier alpha value is -4.13. The van der Waals surface area contributed by atoms with E-state index in [2.05, 4.69) is 10.5 Å². The van der Waals surface area contributed by atoms with Gasteiger partial charge < -0.3 is 9.30 Å². The van der Waals surface area contributed by atoms with Crippen LogP contribution in [0, 0.1) is 0 Å². The third-order valence-electron chi connectivity index (χ3n) is 5.87. The van der Waals surface area contributed by atoms with Crippen LogP contribution in [0.4, 0.5) is 0 Å². The van der Waals surface area contributed by atoms with Gasteiger partial charge in [-0.3, -0.25) is 9.59 Å². The third-order valence-corrected chi connectivity index (χ3v) is 6.46. The van der Waals surface area contributed by atoms with E-state index in [0.717, 1.165) is 11.1 Å². The molecular formula is C29H21Cl2N3O3. The summed E-state index contributed by atoms with van der Waals surface area (Å²) in [6.45, 7) is 0.326. The maximum atomic E-state index is 12.9. The van der Waals surface area contributed by atoms with Crippen molar-refractivity contribution in [3.8, 4) is 5.75 Å². The smallest absolute Gasteiger partial charge is 0.260 e. The van der Waals surface area contributed by atoms with Gasteiger partial charge in [-0.25, -0.2) is 5.43 Å². The molecule has 0 fully saturated rings. The highest BCUT2D eigenvalue weighted by molar-refractivity contribution is 6.35. The molecule has 0 atom stereocenters. The Kier molecular flexibility index (Phi) is 7.21. The molecule has 0 spiro atoms. The number of carbonyl (C=O) groups excluding carboxylic acids is 1. The molecule has 5 aromatic rings. The standard InChI is InChI=1S/C29H21Cl2N3O3/c30-21-12-11-20(25(31)15-21)18-37-22-13-9-19(10-14-22)16-32-33-28(35)17-34-26-7-3-1-5-23(26)29(36)24-6-2-4-8-27(24)34/h1-16H,17-18H2,(H,33,35). The first kappa shape index (κ1) is 24.6. The van der Waals surface area contributed by atoms with Crippen LogP contribution >= 0.6 is 23.2 Å². The monoisotopic (exact) mass is 529 g/mol. The fourth-order valence-electron chi connectivity index (χ4n) is 4.05. The normalized spacial score (nSPS) is 11.3. The summed E-state index contributed by atoms with van der Waals surface area (Å²) in [5.41, 5.74) is 5.53. The molecule has 1 heterocycles. The molecule has 0 radical (unpaired) electrons. The number of ether oxygens (including phenoxy) is 1. The minimum atomic E-state index is -0.310. The number of hydrazone groups is 1. The molecule has 0 bridgehead atoms. The van der Waals surface area contributed by atoms with Crippen LogP contribution in [0.25, 0.3) is 21.8 Å². The van der Waals surface area contributed by atoms with Gasteiger partial charge >= 0.3 is 0 Å². The zero-order chi connectivity index (χ0) is 25.8. The van der Waals surface area contributed by atoms with Crippen molar-refractivity contribution in [1.29, 1.82) is 0 Å². The lowest BCUT2D eigenvalue weighted by Gasteiger charge is -2.14. The number of para-hydroxylation sites is 2. The number of amides is 1. The van der Waals surface area contributed by atoms with Gasteiger partial charge in [-0.2, -0.15) is 5.10 Å². The number of aromatic nitrogens is 1. The molecule has 37 heavy (non-hydrogen) atoms. The highest BCUT2D eigenvalue weighted by atomic mass is 35.5. The first-order valence-corrected chi connectivity index (χ1v) is 12.2. The van der Waals surface area contributed by atoms with Crippen molar-refractivity contribution >= 4 is 57.1 Å². The summed E-state index contributed by atoms with van der Waals surface area (Å²) in [5.74, 6) is 0.360. The second kappa shape index (κ2) is 10.9. The van der Waals surface area contributed by atoms with Crippen LogP contribution in [-0.4, -0.2) is 16.7 Å². The fourth-order valence-corrected chi connectivity index (χ4v) is 4.52. The largest absolute Gasteiger partial charge is 0.489 e. The molecule has 4 aromatic carbocycles. The van der Waals surface area contributed by atoms with Gasteiger partial charge in [0.1, 0.15) is 18.9 Å². The molecule has 1 aromatic heterocycles. The lowest BCUT2D eigenvalue weighted by atomic mass is 10.1. The second-order valence-corrected chi connectivity index (χ2v) is 9.18. The number of hydrogen-bond donors (Lipinski definition) is 1. The van der Waals surface area contributed by atoms with Crippen molar-refractivity contribution in [3.63, 3.8) is 0 Å². The van der Waals surface area contributed by atoms with Gasteiger partial charge in [0.2, 0.25) is 0 Å². The number of halogens is 2. The molecule has 184 valence electrons. The van der Waals surface area contributed by atoms with E-state index in [1.807, 2.05) is 71.3 Å². The van der Waals surface area contributed by atoms with Gasteiger partial charge in [0.05, 0.1) is 17.2 Å². The van der Waals surface area contributed by atoms with E-state index < -0.39 is 0 Å². The Morgan fingerprint density at radius 1 is 0.892 bits per heavy atom. The van der Waals surface area contributed by atoms with E-state index in [1.54, 1.807) is 30.5 Å². The molecule has 5 rings (SSSR count). The summed E-state index contributed by atoms with van der Waals surface area (Å²) in [5, 5.41) is 6.35. The minimum Gasteiger partial charge on any atom is -0.489 e. The van der Waals surface area contributed by atoms with Crippen molar-refractivity contribution in [2.24, 2.45) is 5.10 Å². The second-order valence-electron chi connectivity index (χ2n) is 8.34. The number of benzene rings is 4. The molecule has 8 heteroatoms. The first-order valence-electron chi connectivity index (χ1n) is 11.5. The number of hydrogen-bond acceptors (Lipinski definition) is 4. The summed E-state index contributed by atoms with van der Waals surface area (Å²) in [7, 11) is 0. The number of nitrogens with one attached hydrogen (secondary N) is 1. The Labute approximate surface area is 222 Å². The highest BCUT2D eigenvalue weighted by Crippen LogP contribution is 2.23. The van der Waals surface area contributed by atoms with E-state index in [4.69, 9.17) is 27.9 Å². The topological polar surface area (TPSA) is 72.7 Å². The van der Waals surface area contributed by atoms with E-state index >= 15 is 0 Å². The maximum Gasteiger partial charge on any atom is 0.260 e. The number of carbonyl (C=O) groups is 1. The van der Waals surface area contributed by atoms with Gasteiger partial charge in [0, 0.05) is 26.4 Å². The molecule has 0 saturated carbocycles. The molecule has 0 aliphatic carbocycles. The zero-order valence-electron chi connectivity index (χ0n) is 19.5. The van der Waals surface area contributed by atoms with Crippen LogP contribution < -0.4 is 15.6 Å². The van der Waals surface area contributed by atoms with Crippen LogP contribution in [0.2, 0.25) is 10.0 Å². The molecular weight excluding hydrogens is 509 g/mol. The van der Waals surface area contributed by atoms with Gasteiger partial charge in [-0.15, -0.1) is 0 Å². The number of fused-ring (bicyclic) bond motifs is 2. The fraction of sp³-hybridized carbons (Fsp3) is 0.0690. The Balaban J connectivity index is 1.24. The lowest BCUT2D eigenvalue weighted by molar-refractivity contribution is -0.121. The molecule has 0 aliphatic rings. The Bertz CT molecular complexity index is 1640. The molecule has 1 N–H and O–H groups in total. The Morgan fingerprint density at radius 2 is 1.54 bits per heavy atom. The van der Waals surface area contributed by atoms with Crippen molar-refractivity contribution in [2.75, 3.05) is 0 Å². The summed E-state index contributed by atoms with van der Waals surface area (Å²) < 4.78 is 7.62. The van der Waals surface area contributed by atoms with Gasteiger partial charge in [-0.05, 0) is 66.2 Å². The lowest BCUT2D eigenvalue weighted by Crippen LogP contribution is -2.25. The summed E-state index contributed by atoms with van der Waals surface area (Å²) in [4.78, 5) is 25.6. The predicted molar refractivity (Wildman–Crippen MR) is 149 cm³/mol. The van der Waals surface area contributed by atoms with E-state index in [1.165, 1.54) is 0 Å². The van der Waals surface area contributed by atoms with Crippen LogP contribution in [0.1, 0.15) is 11.1 Å². The van der Waals surface area contributed by atoms with E-state index in [-0.39, 0.29) is 17.9 Å². The van der Waals surface area contributed by atoms with Crippen molar-refractivity contribution in [3.05, 3.63) is 122 Å². The van der Waals surface area contributed by atoms with Crippen LogP contribution in [-0.2, 0) is 17.9 Å². The quantitative estimate of drug-likeness (QED) is 0.155. The summed E-state index contributed by atoms with van der Waals surface area (Å²) in [6.07, 6.45) is 1.55. The molecule has 0 saturated heterocycles. The predicted octanol–water partition coefficient (Wildman–Crippen LogP) is 6.19. The molecule has 1 amide bonds. The molecule has 6 nitrogen and oxygen atoms in total. The van der Waals surface area contributed by atoms with Crippen molar-refractivity contribution in [2.45, 2.75) is 13.2 Å².